The highest BCUT2D eigenvalue weighted by atomic mass is 16.3. The van der Waals surface area contributed by atoms with Gasteiger partial charge in [-0.3, -0.25) is 0 Å². The summed E-state index contributed by atoms with van der Waals surface area (Å²) in [6.45, 7) is 0. The molecule has 0 unspecified atom stereocenters. The van der Waals surface area contributed by atoms with Gasteiger partial charge in [0.05, 0.1) is 0 Å². The Labute approximate surface area is 294 Å². The average Bonchev–Trinajstić information content (AvgIpc) is 3.60. The summed E-state index contributed by atoms with van der Waals surface area (Å²) in [7, 11) is 0. The van der Waals surface area contributed by atoms with Crippen molar-refractivity contribution in [2.45, 2.75) is 0 Å². The van der Waals surface area contributed by atoms with Crippen LogP contribution in [0.4, 0.5) is 0 Å². The maximum atomic E-state index is 6.98. The van der Waals surface area contributed by atoms with Crippen LogP contribution < -0.4 is 0 Å². The lowest BCUT2D eigenvalue weighted by Crippen LogP contribution is -1.93. The minimum atomic E-state index is 0.936. The van der Waals surface area contributed by atoms with Crippen LogP contribution in [-0.2, 0) is 0 Å². The number of fused-ring (bicyclic) bond motifs is 10. The molecule has 0 saturated carbocycles. The third-order valence-electron chi connectivity index (χ3n) is 10.8. The lowest BCUT2D eigenvalue weighted by Gasteiger charge is -2.20. The highest BCUT2D eigenvalue weighted by Crippen LogP contribution is 2.50. The lowest BCUT2D eigenvalue weighted by atomic mass is 9.83. The molecule has 11 rings (SSSR count). The van der Waals surface area contributed by atoms with Crippen LogP contribution in [0, 0.1) is 0 Å². The van der Waals surface area contributed by atoms with E-state index in [9.17, 15) is 0 Å². The monoisotopic (exact) mass is 646 g/mol. The Kier molecular flexibility index (Phi) is 6.02. The maximum Gasteiger partial charge on any atom is 0.143 e. The number of furan rings is 1. The van der Waals surface area contributed by atoms with Crippen LogP contribution in [0.5, 0.6) is 0 Å². The Morgan fingerprint density at radius 1 is 0.275 bits per heavy atom. The van der Waals surface area contributed by atoms with Crippen molar-refractivity contribution in [3.8, 4) is 33.4 Å². The van der Waals surface area contributed by atoms with Gasteiger partial charge in [0, 0.05) is 21.5 Å². The zero-order chi connectivity index (χ0) is 33.5. The van der Waals surface area contributed by atoms with Crippen molar-refractivity contribution in [3.63, 3.8) is 0 Å². The predicted octanol–water partition coefficient (Wildman–Crippen LogP) is 14.4. The molecule has 0 amide bonds. The number of rotatable bonds is 3. The van der Waals surface area contributed by atoms with E-state index in [2.05, 4.69) is 182 Å². The van der Waals surface area contributed by atoms with E-state index in [1.54, 1.807) is 0 Å². The molecule has 0 saturated heterocycles. The van der Waals surface area contributed by atoms with Gasteiger partial charge in [0.15, 0.2) is 0 Å². The zero-order valence-corrected chi connectivity index (χ0v) is 27.7. The summed E-state index contributed by atoms with van der Waals surface area (Å²) in [5.41, 5.74) is 9.19. The summed E-state index contributed by atoms with van der Waals surface area (Å²) >= 11 is 0. The first kappa shape index (κ1) is 28.2. The van der Waals surface area contributed by atoms with Crippen LogP contribution in [0.3, 0.4) is 0 Å². The van der Waals surface area contributed by atoms with Gasteiger partial charge in [0.2, 0.25) is 0 Å². The van der Waals surface area contributed by atoms with Crippen LogP contribution in [0.15, 0.2) is 186 Å². The molecule has 236 valence electrons. The van der Waals surface area contributed by atoms with Gasteiger partial charge in [-0.05, 0) is 101 Å². The third kappa shape index (κ3) is 4.22. The number of hydrogen-bond acceptors (Lipinski definition) is 1. The summed E-state index contributed by atoms with van der Waals surface area (Å²) in [6, 6.07) is 66.4. The van der Waals surface area contributed by atoms with Crippen molar-refractivity contribution >= 4 is 75.8 Å². The normalized spacial score (nSPS) is 11.9. The molecule has 1 aromatic heterocycles. The summed E-state index contributed by atoms with van der Waals surface area (Å²) in [6.07, 6.45) is 0. The first-order valence-electron chi connectivity index (χ1n) is 17.6. The van der Waals surface area contributed by atoms with Crippen molar-refractivity contribution in [2.24, 2.45) is 0 Å². The molecule has 11 aromatic rings. The standard InChI is InChI=1S/C50H30O/c1-2-12-31(13-3-1)35-25-26-42-44(29-35)46(37-23-22-32-14-4-5-16-34(32)28-37)40-20-10-11-21-41(40)47(42)45-30-36-17-7-9-19-39(36)50-48(45)43-27-24-33-15-6-8-18-38(33)49(43)51-50/h1-30H. The Hall–Kier alpha value is -6.70. The van der Waals surface area contributed by atoms with E-state index in [-0.39, 0.29) is 0 Å². The summed E-state index contributed by atoms with van der Waals surface area (Å²) in [5, 5.41) is 14.3. The van der Waals surface area contributed by atoms with E-state index in [0.29, 0.717) is 0 Å². The minimum Gasteiger partial charge on any atom is -0.455 e. The molecular weight excluding hydrogens is 617 g/mol. The van der Waals surface area contributed by atoms with Gasteiger partial charge in [-0.1, -0.05) is 158 Å². The largest absolute Gasteiger partial charge is 0.455 e. The van der Waals surface area contributed by atoms with Gasteiger partial charge in [-0.2, -0.15) is 0 Å². The van der Waals surface area contributed by atoms with E-state index < -0.39 is 0 Å². The third-order valence-corrected chi connectivity index (χ3v) is 10.8. The van der Waals surface area contributed by atoms with Crippen LogP contribution in [0.2, 0.25) is 0 Å². The van der Waals surface area contributed by atoms with Gasteiger partial charge in [-0.15, -0.1) is 0 Å². The molecule has 1 nitrogen and oxygen atoms in total. The number of hydrogen-bond donors (Lipinski definition) is 0. The first-order chi connectivity index (χ1) is 25.3. The van der Waals surface area contributed by atoms with Crippen LogP contribution in [0.25, 0.3) is 109 Å². The molecule has 0 spiro atoms. The molecule has 1 heteroatoms. The van der Waals surface area contributed by atoms with Crippen molar-refractivity contribution in [2.75, 3.05) is 0 Å². The van der Waals surface area contributed by atoms with Gasteiger partial charge in [0.25, 0.3) is 0 Å². The Balaban J connectivity index is 1.34. The molecular formula is C50H30O. The lowest BCUT2D eigenvalue weighted by molar-refractivity contribution is 0.676. The second kappa shape index (κ2) is 10.9. The van der Waals surface area contributed by atoms with E-state index in [4.69, 9.17) is 4.42 Å². The van der Waals surface area contributed by atoms with Gasteiger partial charge >= 0.3 is 0 Å². The van der Waals surface area contributed by atoms with Crippen molar-refractivity contribution in [1.29, 1.82) is 0 Å². The van der Waals surface area contributed by atoms with E-state index in [0.717, 1.165) is 32.7 Å². The molecule has 51 heavy (non-hydrogen) atoms. The Bertz CT molecular complexity index is 3180. The van der Waals surface area contributed by atoms with Gasteiger partial charge in [-0.25, -0.2) is 0 Å². The van der Waals surface area contributed by atoms with Gasteiger partial charge < -0.3 is 4.42 Å². The van der Waals surface area contributed by atoms with Crippen LogP contribution in [-0.4, -0.2) is 0 Å². The highest BCUT2D eigenvalue weighted by molar-refractivity contribution is 6.30. The van der Waals surface area contributed by atoms with Crippen LogP contribution in [0.1, 0.15) is 0 Å². The fraction of sp³-hybridized carbons (Fsp3) is 0. The molecule has 0 N–H and O–H groups in total. The first-order valence-corrected chi connectivity index (χ1v) is 17.6. The summed E-state index contributed by atoms with van der Waals surface area (Å²) in [4.78, 5) is 0. The topological polar surface area (TPSA) is 13.1 Å². The van der Waals surface area contributed by atoms with Crippen molar-refractivity contribution < 1.29 is 4.42 Å². The van der Waals surface area contributed by atoms with Crippen molar-refractivity contribution in [1.82, 2.24) is 0 Å². The molecule has 0 radical (unpaired) electrons. The van der Waals surface area contributed by atoms with Crippen molar-refractivity contribution in [3.05, 3.63) is 182 Å². The molecule has 0 aliphatic heterocycles. The zero-order valence-electron chi connectivity index (χ0n) is 27.7. The fourth-order valence-electron chi connectivity index (χ4n) is 8.47. The summed E-state index contributed by atoms with van der Waals surface area (Å²) in [5.74, 6) is 0. The van der Waals surface area contributed by atoms with E-state index in [1.807, 2.05) is 0 Å². The highest BCUT2D eigenvalue weighted by Gasteiger charge is 2.23. The molecule has 0 bridgehead atoms. The Morgan fingerprint density at radius 3 is 1.65 bits per heavy atom. The second-order valence-electron chi connectivity index (χ2n) is 13.6. The molecule has 0 aliphatic rings. The smallest absolute Gasteiger partial charge is 0.143 e. The maximum absolute atomic E-state index is 6.98. The van der Waals surface area contributed by atoms with Gasteiger partial charge in [0.1, 0.15) is 11.2 Å². The summed E-state index contributed by atoms with van der Waals surface area (Å²) < 4.78 is 6.98. The van der Waals surface area contributed by atoms with E-state index in [1.165, 1.54) is 76.5 Å². The molecule has 10 aromatic carbocycles. The van der Waals surface area contributed by atoms with E-state index >= 15 is 0 Å². The SMILES string of the molecule is c1ccc(-c2ccc3c(-c4cc5ccccc5c5oc6c7ccccc7ccc6c45)c4ccccc4c(-c4ccc5ccccc5c4)c3c2)cc1. The molecule has 0 atom stereocenters. The second-order valence-corrected chi connectivity index (χ2v) is 13.6. The fourth-order valence-corrected chi connectivity index (χ4v) is 8.47. The average molecular weight is 647 g/mol. The molecule has 0 aliphatic carbocycles. The quantitative estimate of drug-likeness (QED) is 0.174. The molecule has 0 fully saturated rings. The van der Waals surface area contributed by atoms with Crippen LogP contribution >= 0.6 is 0 Å². The molecule has 1 heterocycles. The minimum absolute atomic E-state index is 0.936. The Morgan fingerprint density at radius 2 is 0.843 bits per heavy atom. The predicted molar refractivity (Wildman–Crippen MR) is 218 cm³/mol. The number of benzene rings is 10.